The van der Waals surface area contributed by atoms with Gasteiger partial charge in [0, 0.05) is 5.92 Å². The van der Waals surface area contributed by atoms with Crippen molar-refractivity contribution >= 4 is 28.9 Å². The third-order valence-corrected chi connectivity index (χ3v) is 4.87. The van der Waals surface area contributed by atoms with Crippen LogP contribution in [-0.4, -0.2) is 17.3 Å². The number of carbonyl (C=O) groups excluding carboxylic acids is 1. The van der Waals surface area contributed by atoms with E-state index in [0.29, 0.717) is 0 Å². The third kappa shape index (κ3) is 6.63. The van der Waals surface area contributed by atoms with Gasteiger partial charge in [-0.25, -0.2) is 0 Å². The molecule has 1 unspecified atom stereocenters. The minimum Gasteiger partial charge on any atom is -0.494 e. The highest BCUT2D eigenvalue weighted by Gasteiger charge is 2.10. The van der Waals surface area contributed by atoms with Crippen molar-refractivity contribution in [3.05, 3.63) is 65.7 Å². The Hall–Kier alpha value is -1.36. The van der Waals surface area contributed by atoms with Crippen LogP contribution in [0.1, 0.15) is 42.7 Å². The molecule has 0 aliphatic carbocycles. The molecule has 0 bridgehead atoms. The molecule has 0 aliphatic heterocycles. The molecule has 128 valence electrons. The highest BCUT2D eigenvalue weighted by molar-refractivity contribution is 14.1. The van der Waals surface area contributed by atoms with Crippen LogP contribution in [0.25, 0.3) is 0 Å². The number of unbranched alkanes of at least 4 members (excludes halogenated alkanes) is 2. The number of aryl methyl sites for hydroxylation is 1. The van der Waals surface area contributed by atoms with Crippen LogP contribution >= 0.6 is 22.6 Å². The number of rotatable bonds is 11. The van der Waals surface area contributed by atoms with Crippen molar-refractivity contribution in [2.24, 2.45) is 0 Å². The van der Waals surface area contributed by atoms with Gasteiger partial charge >= 0.3 is 0 Å². The van der Waals surface area contributed by atoms with Crippen LogP contribution in [-0.2, 0) is 11.2 Å². The van der Waals surface area contributed by atoms with Crippen LogP contribution in [0.2, 0.25) is 0 Å². The van der Waals surface area contributed by atoms with Crippen LogP contribution in [0.4, 0.5) is 0 Å². The van der Waals surface area contributed by atoms with Crippen LogP contribution in [0.3, 0.4) is 0 Å². The molecule has 3 heteroatoms. The quantitative estimate of drug-likeness (QED) is 0.199. The summed E-state index contributed by atoms with van der Waals surface area (Å²) in [7, 11) is 0. The van der Waals surface area contributed by atoms with E-state index >= 15 is 0 Å². The SMILES string of the molecule is O=CC(CCc1ccc(OCCCCCI)cc1)c1ccccc1. The summed E-state index contributed by atoms with van der Waals surface area (Å²) in [6.45, 7) is 0.789. The van der Waals surface area contributed by atoms with Gasteiger partial charge in [0.2, 0.25) is 0 Å². The Labute approximate surface area is 158 Å². The van der Waals surface area contributed by atoms with Gasteiger partial charge in [-0.15, -0.1) is 0 Å². The first kappa shape index (κ1) is 19.0. The summed E-state index contributed by atoms with van der Waals surface area (Å²) in [5, 5.41) is 0. The summed E-state index contributed by atoms with van der Waals surface area (Å²) < 4.78 is 6.98. The molecule has 0 aromatic heterocycles. The molecular formula is C21H25IO2. The minimum atomic E-state index is -0.0277. The van der Waals surface area contributed by atoms with Gasteiger partial charge < -0.3 is 9.53 Å². The van der Waals surface area contributed by atoms with Crippen molar-refractivity contribution in [3.8, 4) is 5.75 Å². The number of hydrogen-bond acceptors (Lipinski definition) is 2. The summed E-state index contributed by atoms with van der Waals surface area (Å²) in [5.41, 5.74) is 2.34. The molecule has 0 saturated carbocycles. The fourth-order valence-corrected chi connectivity index (χ4v) is 3.19. The van der Waals surface area contributed by atoms with Gasteiger partial charge in [-0.2, -0.15) is 0 Å². The Morgan fingerprint density at radius 3 is 2.38 bits per heavy atom. The summed E-state index contributed by atoms with van der Waals surface area (Å²) in [6, 6.07) is 18.3. The summed E-state index contributed by atoms with van der Waals surface area (Å²) >= 11 is 2.41. The van der Waals surface area contributed by atoms with E-state index in [9.17, 15) is 4.79 Å². The van der Waals surface area contributed by atoms with Crippen molar-refractivity contribution in [1.29, 1.82) is 0 Å². The normalized spacial score (nSPS) is 11.9. The molecule has 0 saturated heterocycles. The maximum absolute atomic E-state index is 11.4. The molecular weight excluding hydrogens is 411 g/mol. The Balaban J connectivity index is 1.78. The van der Waals surface area contributed by atoms with E-state index in [2.05, 4.69) is 34.7 Å². The molecule has 0 aliphatic rings. The number of hydrogen-bond donors (Lipinski definition) is 0. The molecule has 0 heterocycles. The smallest absolute Gasteiger partial charge is 0.127 e. The lowest BCUT2D eigenvalue weighted by atomic mass is 9.94. The van der Waals surface area contributed by atoms with Crippen LogP contribution in [0, 0.1) is 0 Å². The molecule has 0 fully saturated rings. The first-order valence-electron chi connectivity index (χ1n) is 8.61. The average Bonchev–Trinajstić information content (AvgIpc) is 2.64. The third-order valence-electron chi connectivity index (χ3n) is 4.11. The van der Waals surface area contributed by atoms with Crippen molar-refractivity contribution < 1.29 is 9.53 Å². The lowest BCUT2D eigenvalue weighted by molar-refractivity contribution is -0.109. The Morgan fingerprint density at radius 1 is 0.958 bits per heavy atom. The average molecular weight is 436 g/mol. The van der Waals surface area contributed by atoms with Crippen molar-refractivity contribution in [1.82, 2.24) is 0 Å². The van der Waals surface area contributed by atoms with E-state index in [0.717, 1.165) is 43.5 Å². The van der Waals surface area contributed by atoms with Gasteiger partial charge in [-0.1, -0.05) is 65.1 Å². The summed E-state index contributed by atoms with van der Waals surface area (Å²) in [4.78, 5) is 11.4. The van der Waals surface area contributed by atoms with Crippen molar-refractivity contribution in [2.75, 3.05) is 11.0 Å². The zero-order valence-corrected chi connectivity index (χ0v) is 16.2. The first-order chi connectivity index (χ1) is 11.8. The predicted molar refractivity (Wildman–Crippen MR) is 108 cm³/mol. The van der Waals surface area contributed by atoms with Gasteiger partial charge in [0.1, 0.15) is 12.0 Å². The summed E-state index contributed by atoms with van der Waals surface area (Å²) in [6.07, 6.45) is 6.40. The first-order valence-corrected chi connectivity index (χ1v) is 10.1. The molecule has 2 aromatic rings. The van der Waals surface area contributed by atoms with Gasteiger partial charge in [0.15, 0.2) is 0 Å². The maximum atomic E-state index is 11.4. The fourth-order valence-electron chi connectivity index (χ4n) is 2.65. The topological polar surface area (TPSA) is 26.3 Å². The molecule has 1 atom stereocenters. The molecule has 2 rings (SSSR count). The summed E-state index contributed by atoms with van der Waals surface area (Å²) in [5.74, 6) is 0.906. The Morgan fingerprint density at radius 2 is 1.71 bits per heavy atom. The highest BCUT2D eigenvalue weighted by Crippen LogP contribution is 2.21. The number of alkyl halides is 1. The predicted octanol–water partition coefficient (Wildman–Crippen LogP) is 5.59. The van der Waals surface area contributed by atoms with Gasteiger partial charge in [-0.3, -0.25) is 0 Å². The lowest BCUT2D eigenvalue weighted by Crippen LogP contribution is -2.02. The van der Waals surface area contributed by atoms with E-state index < -0.39 is 0 Å². The lowest BCUT2D eigenvalue weighted by Gasteiger charge is -2.11. The van der Waals surface area contributed by atoms with Crippen LogP contribution in [0.5, 0.6) is 5.75 Å². The van der Waals surface area contributed by atoms with E-state index in [1.807, 2.05) is 42.5 Å². The number of aldehydes is 1. The zero-order chi connectivity index (χ0) is 17.0. The number of benzene rings is 2. The van der Waals surface area contributed by atoms with E-state index in [-0.39, 0.29) is 5.92 Å². The molecule has 2 nitrogen and oxygen atoms in total. The van der Waals surface area contributed by atoms with E-state index in [1.165, 1.54) is 22.8 Å². The molecule has 0 N–H and O–H groups in total. The maximum Gasteiger partial charge on any atom is 0.127 e. The largest absolute Gasteiger partial charge is 0.494 e. The molecule has 2 aromatic carbocycles. The van der Waals surface area contributed by atoms with Gasteiger partial charge in [0.05, 0.1) is 6.61 Å². The zero-order valence-electron chi connectivity index (χ0n) is 14.0. The molecule has 24 heavy (non-hydrogen) atoms. The van der Waals surface area contributed by atoms with Crippen molar-refractivity contribution in [2.45, 2.75) is 38.0 Å². The minimum absolute atomic E-state index is 0.0277. The van der Waals surface area contributed by atoms with Crippen LogP contribution in [0.15, 0.2) is 54.6 Å². The Bertz CT molecular complexity index is 581. The standard InChI is InChI=1S/C21H25IO2/c22-15-5-2-6-16-24-21-13-10-18(11-14-21)9-12-20(17-23)19-7-3-1-4-8-19/h1,3-4,7-8,10-11,13-14,17,20H,2,5-6,9,12,15-16H2. The van der Waals surface area contributed by atoms with Crippen molar-refractivity contribution in [3.63, 3.8) is 0 Å². The van der Waals surface area contributed by atoms with Crippen LogP contribution < -0.4 is 4.74 Å². The van der Waals surface area contributed by atoms with E-state index in [1.54, 1.807) is 0 Å². The second-order valence-corrected chi connectivity index (χ2v) is 7.01. The number of ether oxygens (including phenoxy) is 1. The number of carbonyl (C=O) groups is 1. The monoisotopic (exact) mass is 436 g/mol. The van der Waals surface area contributed by atoms with Gasteiger partial charge in [-0.05, 0) is 59.8 Å². The van der Waals surface area contributed by atoms with E-state index in [4.69, 9.17) is 4.74 Å². The van der Waals surface area contributed by atoms with Gasteiger partial charge in [0.25, 0.3) is 0 Å². The molecule has 0 amide bonds. The molecule has 0 spiro atoms. The fraction of sp³-hybridized carbons (Fsp3) is 0.381. The second-order valence-electron chi connectivity index (χ2n) is 5.93. The molecule has 0 radical (unpaired) electrons. The Kier molecular flexibility index (Phi) is 8.88. The highest BCUT2D eigenvalue weighted by atomic mass is 127. The second kappa shape index (κ2) is 11.2. The number of halogens is 1.